The predicted molar refractivity (Wildman–Crippen MR) is 85.4 cm³/mol. The van der Waals surface area contributed by atoms with Crippen molar-refractivity contribution >= 4 is 17.1 Å². The van der Waals surface area contributed by atoms with Crippen molar-refractivity contribution < 1.29 is 4.79 Å². The maximum Gasteiger partial charge on any atom is 0.174 e. The summed E-state index contributed by atoms with van der Waals surface area (Å²) in [7, 11) is 0. The summed E-state index contributed by atoms with van der Waals surface area (Å²) < 4.78 is 0. The van der Waals surface area contributed by atoms with E-state index < -0.39 is 0 Å². The molecular weight excluding hydrogens is 266 g/mol. The van der Waals surface area contributed by atoms with Gasteiger partial charge in [0, 0.05) is 24.4 Å². The Bertz CT molecular complexity index is 547. The zero-order chi connectivity index (χ0) is 14.4. The number of carbonyl (C=O) groups is 1. The fraction of sp³-hybridized carbons (Fsp3) is 0.353. The molecule has 0 bridgehead atoms. The summed E-state index contributed by atoms with van der Waals surface area (Å²) in [5, 5.41) is 0. The Balaban J connectivity index is 1.86. The van der Waals surface area contributed by atoms with Crippen LogP contribution in [0, 0.1) is 6.92 Å². The van der Waals surface area contributed by atoms with Crippen molar-refractivity contribution in [3.05, 3.63) is 57.8 Å². The van der Waals surface area contributed by atoms with Crippen molar-refractivity contribution in [3.8, 4) is 0 Å². The predicted octanol–water partition coefficient (Wildman–Crippen LogP) is 4.15. The molecule has 0 radical (unpaired) electrons. The van der Waals surface area contributed by atoms with Gasteiger partial charge in [-0.05, 0) is 31.2 Å². The van der Waals surface area contributed by atoms with Crippen LogP contribution in [-0.2, 0) is 6.54 Å². The minimum atomic E-state index is 0.259. The van der Waals surface area contributed by atoms with Crippen LogP contribution in [-0.4, -0.2) is 23.8 Å². The van der Waals surface area contributed by atoms with Crippen molar-refractivity contribution in [1.29, 1.82) is 0 Å². The van der Waals surface area contributed by atoms with Gasteiger partial charge in [-0.15, -0.1) is 11.3 Å². The lowest BCUT2D eigenvalue weighted by atomic mass is 10.2. The third kappa shape index (κ3) is 4.29. The molecule has 20 heavy (non-hydrogen) atoms. The fourth-order valence-electron chi connectivity index (χ4n) is 2.16. The average molecular weight is 287 g/mol. The van der Waals surface area contributed by atoms with E-state index in [2.05, 4.69) is 36.1 Å². The molecule has 106 valence electrons. The van der Waals surface area contributed by atoms with Gasteiger partial charge in [0.2, 0.25) is 0 Å². The van der Waals surface area contributed by atoms with Gasteiger partial charge in [0.05, 0.1) is 4.88 Å². The van der Waals surface area contributed by atoms with Crippen LogP contribution >= 0.6 is 11.3 Å². The molecular formula is C17H21NOS. The van der Waals surface area contributed by atoms with E-state index >= 15 is 0 Å². The zero-order valence-electron chi connectivity index (χ0n) is 12.1. The van der Waals surface area contributed by atoms with Crippen LogP contribution in [0.15, 0.2) is 42.5 Å². The number of hydrogen-bond donors (Lipinski definition) is 0. The van der Waals surface area contributed by atoms with E-state index in [1.807, 2.05) is 25.1 Å². The molecule has 0 saturated heterocycles. The molecule has 0 fully saturated rings. The standard InChI is InChI=1S/C17H21NOS/c1-3-18(13-15-7-5-4-6-8-15)12-11-16(19)17-10-9-14(2)20-17/h4-10H,3,11-13H2,1-2H3. The number of hydrogen-bond acceptors (Lipinski definition) is 3. The number of rotatable bonds is 7. The maximum absolute atomic E-state index is 12.1. The first-order chi connectivity index (χ1) is 9.69. The Morgan fingerprint density at radius 1 is 1.15 bits per heavy atom. The molecule has 3 heteroatoms. The van der Waals surface area contributed by atoms with E-state index in [0.29, 0.717) is 6.42 Å². The second-order valence-corrected chi connectivity index (χ2v) is 6.23. The summed E-state index contributed by atoms with van der Waals surface area (Å²) in [6.45, 7) is 6.87. The number of aryl methyl sites for hydroxylation is 1. The third-order valence-corrected chi connectivity index (χ3v) is 4.41. The first-order valence-corrected chi connectivity index (χ1v) is 7.86. The van der Waals surface area contributed by atoms with Crippen LogP contribution in [0.4, 0.5) is 0 Å². The Hall–Kier alpha value is -1.45. The summed E-state index contributed by atoms with van der Waals surface area (Å²) in [6, 6.07) is 14.4. The summed E-state index contributed by atoms with van der Waals surface area (Å²) in [5.74, 6) is 0.259. The number of benzene rings is 1. The van der Waals surface area contributed by atoms with Gasteiger partial charge < -0.3 is 0 Å². The topological polar surface area (TPSA) is 20.3 Å². The number of ketones is 1. The van der Waals surface area contributed by atoms with Gasteiger partial charge in [-0.25, -0.2) is 0 Å². The highest BCUT2D eigenvalue weighted by Gasteiger charge is 2.11. The maximum atomic E-state index is 12.1. The molecule has 1 aromatic carbocycles. The van der Waals surface area contributed by atoms with E-state index in [1.165, 1.54) is 10.4 Å². The highest BCUT2D eigenvalue weighted by Crippen LogP contribution is 2.17. The van der Waals surface area contributed by atoms with Crippen molar-refractivity contribution in [2.24, 2.45) is 0 Å². The molecule has 0 atom stereocenters. The van der Waals surface area contributed by atoms with Crippen LogP contribution in [0.3, 0.4) is 0 Å². The number of thiophene rings is 1. The minimum Gasteiger partial charge on any atom is -0.299 e. The Morgan fingerprint density at radius 2 is 1.90 bits per heavy atom. The molecule has 0 aliphatic heterocycles. The smallest absolute Gasteiger partial charge is 0.174 e. The highest BCUT2D eigenvalue weighted by atomic mass is 32.1. The molecule has 2 aromatic rings. The third-order valence-electron chi connectivity index (χ3n) is 3.37. The Morgan fingerprint density at radius 3 is 2.50 bits per heavy atom. The van der Waals surface area contributed by atoms with Crippen molar-refractivity contribution in [3.63, 3.8) is 0 Å². The lowest BCUT2D eigenvalue weighted by Crippen LogP contribution is -2.25. The molecule has 0 aliphatic carbocycles. The average Bonchev–Trinajstić information content (AvgIpc) is 2.91. The zero-order valence-corrected chi connectivity index (χ0v) is 13.0. The molecule has 0 N–H and O–H groups in total. The molecule has 2 nitrogen and oxygen atoms in total. The molecule has 0 aliphatic rings. The van der Waals surface area contributed by atoms with Gasteiger partial charge >= 0.3 is 0 Å². The summed E-state index contributed by atoms with van der Waals surface area (Å²) in [4.78, 5) is 16.5. The monoisotopic (exact) mass is 287 g/mol. The molecule has 2 rings (SSSR count). The summed E-state index contributed by atoms with van der Waals surface area (Å²) >= 11 is 1.59. The van der Waals surface area contributed by atoms with E-state index in [9.17, 15) is 4.79 Å². The van der Waals surface area contributed by atoms with E-state index in [4.69, 9.17) is 0 Å². The van der Waals surface area contributed by atoms with Crippen molar-refractivity contribution in [2.45, 2.75) is 26.8 Å². The lowest BCUT2D eigenvalue weighted by Gasteiger charge is -2.19. The minimum absolute atomic E-state index is 0.259. The van der Waals surface area contributed by atoms with Crippen molar-refractivity contribution in [1.82, 2.24) is 4.90 Å². The van der Waals surface area contributed by atoms with Crippen LogP contribution < -0.4 is 0 Å². The lowest BCUT2D eigenvalue weighted by molar-refractivity contribution is 0.0967. The Kier molecular flexibility index (Phi) is 5.50. The second-order valence-electron chi connectivity index (χ2n) is 4.94. The highest BCUT2D eigenvalue weighted by molar-refractivity contribution is 7.14. The molecule has 0 spiro atoms. The quantitative estimate of drug-likeness (QED) is 0.713. The largest absolute Gasteiger partial charge is 0.299 e. The van der Waals surface area contributed by atoms with Gasteiger partial charge in [-0.1, -0.05) is 37.3 Å². The van der Waals surface area contributed by atoms with Crippen LogP contribution in [0.25, 0.3) is 0 Å². The normalized spacial score (nSPS) is 10.9. The molecule has 1 heterocycles. The first-order valence-electron chi connectivity index (χ1n) is 7.05. The van der Waals surface area contributed by atoms with E-state index in [0.717, 1.165) is 24.5 Å². The van der Waals surface area contributed by atoms with Crippen LogP contribution in [0.5, 0.6) is 0 Å². The van der Waals surface area contributed by atoms with E-state index in [-0.39, 0.29) is 5.78 Å². The van der Waals surface area contributed by atoms with Gasteiger partial charge in [0.1, 0.15) is 0 Å². The van der Waals surface area contributed by atoms with Gasteiger partial charge in [-0.3, -0.25) is 9.69 Å². The first kappa shape index (κ1) is 14.9. The SMILES string of the molecule is CCN(CCC(=O)c1ccc(C)s1)Cc1ccccc1. The van der Waals surface area contributed by atoms with Crippen LogP contribution in [0.1, 0.15) is 33.5 Å². The number of carbonyl (C=O) groups excluding carboxylic acids is 1. The van der Waals surface area contributed by atoms with Crippen molar-refractivity contribution in [2.75, 3.05) is 13.1 Å². The fourth-order valence-corrected chi connectivity index (χ4v) is 2.99. The summed E-state index contributed by atoms with van der Waals surface area (Å²) in [5.41, 5.74) is 1.30. The Labute approximate surface area is 125 Å². The van der Waals surface area contributed by atoms with Gasteiger partial charge in [0.15, 0.2) is 5.78 Å². The second kappa shape index (κ2) is 7.36. The number of nitrogens with zero attached hydrogens (tertiary/aromatic N) is 1. The molecule has 0 unspecified atom stereocenters. The molecule has 0 amide bonds. The van der Waals surface area contributed by atoms with E-state index in [1.54, 1.807) is 11.3 Å². The molecule has 1 aromatic heterocycles. The summed E-state index contributed by atoms with van der Waals surface area (Å²) in [6.07, 6.45) is 0.598. The number of Topliss-reactive ketones (excluding diaryl/α,β-unsaturated/α-hetero) is 1. The van der Waals surface area contributed by atoms with Gasteiger partial charge in [0.25, 0.3) is 0 Å². The van der Waals surface area contributed by atoms with Crippen LogP contribution in [0.2, 0.25) is 0 Å². The van der Waals surface area contributed by atoms with Gasteiger partial charge in [-0.2, -0.15) is 0 Å². The molecule has 0 saturated carbocycles.